The third kappa shape index (κ3) is 6.08. The predicted molar refractivity (Wildman–Crippen MR) is 48.5 cm³/mol. The molecule has 0 atom stereocenters. The highest BCUT2D eigenvalue weighted by molar-refractivity contribution is 14.1. The molecule has 64 valence electrons. The van der Waals surface area contributed by atoms with Crippen LogP contribution in [0, 0.1) is 0 Å². The first-order chi connectivity index (χ1) is 5.20. The van der Waals surface area contributed by atoms with Gasteiger partial charge in [-0.15, -0.1) is 0 Å². The molecule has 11 heavy (non-hydrogen) atoms. The molecule has 0 aliphatic rings. The number of halogens is 1. The van der Waals surface area contributed by atoms with Gasteiger partial charge in [-0.1, -0.05) is 22.6 Å². The van der Waals surface area contributed by atoms with Crippen LogP contribution in [0.4, 0.5) is 0 Å². The quantitative estimate of drug-likeness (QED) is 0.448. The highest BCUT2D eigenvalue weighted by atomic mass is 127. The molecule has 0 unspecified atom stereocenters. The molecule has 0 aromatic rings. The number of esters is 1. The maximum absolute atomic E-state index is 10.6. The number of amides is 1. The third-order valence-electron chi connectivity index (χ3n) is 0.857. The maximum Gasteiger partial charge on any atom is 0.325 e. The molecule has 0 aliphatic carbocycles. The Morgan fingerprint density at radius 2 is 2.18 bits per heavy atom. The highest BCUT2D eigenvalue weighted by Crippen LogP contribution is 1.80. The van der Waals surface area contributed by atoms with E-state index in [-0.39, 0.29) is 12.5 Å². The van der Waals surface area contributed by atoms with Gasteiger partial charge in [0.05, 0.1) is 11.0 Å². The van der Waals surface area contributed by atoms with Crippen molar-refractivity contribution in [2.45, 2.75) is 6.92 Å². The van der Waals surface area contributed by atoms with Crippen LogP contribution in [0.15, 0.2) is 0 Å². The van der Waals surface area contributed by atoms with E-state index in [2.05, 4.69) is 10.1 Å². The molecule has 1 amide bonds. The second-order valence-electron chi connectivity index (χ2n) is 1.72. The summed E-state index contributed by atoms with van der Waals surface area (Å²) in [5.41, 5.74) is 0. The Kier molecular flexibility index (Phi) is 6.19. The molecule has 0 aliphatic heterocycles. The first kappa shape index (κ1) is 10.7. The Balaban J connectivity index is 3.38. The average molecular weight is 271 g/mol. The summed E-state index contributed by atoms with van der Waals surface area (Å²) in [7, 11) is 0. The summed E-state index contributed by atoms with van der Waals surface area (Å²) in [4.78, 5) is 21.2. The van der Waals surface area contributed by atoms with Gasteiger partial charge in [0, 0.05) is 0 Å². The van der Waals surface area contributed by atoms with Crippen molar-refractivity contribution in [3.05, 3.63) is 0 Å². The van der Waals surface area contributed by atoms with Crippen LogP contribution in [0.5, 0.6) is 0 Å². The van der Waals surface area contributed by atoms with Crippen molar-refractivity contribution in [1.29, 1.82) is 0 Å². The number of alkyl halides is 1. The number of rotatable bonds is 4. The minimum atomic E-state index is -0.397. The lowest BCUT2D eigenvalue weighted by Crippen LogP contribution is -2.31. The average Bonchev–Trinajstić information content (AvgIpc) is 2.01. The van der Waals surface area contributed by atoms with E-state index in [9.17, 15) is 9.59 Å². The zero-order valence-electron chi connectivity index (χ0n) is 6.22. The fourth-order valence-corrected chi connectivity index (χ4v) is 0.700. The molecule has 0 saturated heterocycles. The Morgan fingerprint density at radius 3 is 2.64 bits per heavy atom. The van der Waals surface area contributed by atoms with E-state index in [4.69, 9.17) is 0 Å². The molecule has 0 rings (SSSR count). The van der Waals surface area contributed by atoms with Gasteiger partial charge in [0.2, 0.25) is 5.91 Å². The molecule has 0 fully saturated rings. The number of ether oxygens (including phenoxy) is 1. The summed E-state index contributed by atoms with van der Waals surface area (Å²) in [6, 6.07) is 0. The molecule has 0 aromatic heterocycles. The maximum atomic E-state index is 10.6. The summed E-state index contributed by atoms with van der Waals surface area (Å²) in [6.45, 7) is 2.03. The lowest BCUT2D eigenvalue weighted by Gasteiger charge is -2.01. The molecule has 0 radical (unpaired) electrons. The van der Waals surface area contributed by atoms with Crippen molar-refractivity contribution in [2.24, 2.45) is 0 Å². The van der Waals surface area contributed by atoms with E-state index >= 15 is 0 Å². The van der Waals surface area contributed by atoms with Gasteiger partial charge in [0.1, 0.15) is 6.54 Å². The van der Waals surface area contributed by atoms with Crippen LogP contribution in [0.2, 0.25) is 0 Å². The van der Waals surface area contributed by atoms with E-state index in [0.29, 0.717) is 11.0 Å². The summed E-state index contributed by atoms with van der Waals surface area (Å²) < 4.78 is 4.94. The van der Waals surface area contributed by atoms with Crippen molar-refractivity contribution < 1.29 is 14.3 Å². The van der Waals surface area contributed by atoms with Gasteiger partial charge in [0.15, 0.2) is 0 Å². The Labute approximate surface area is 78.8 Å². The molecule has 4 nitrogen and oxygen atoms in total. The Bertz CT molecular complexity index is 149. The number of hydrogen-bond donors (Lipinski definition) is 1. The van der Waals surface area contributed by atoms with Crippen molar-refractivity contribution in [2.75, 3.05) is 17.6 Å². The summed E-state index contributed by atoms with van der Waals surface area (Å²) in [5, 5.41) is 2.40. The van der Waals surface area contributed by atoms with E-state index in [1.165, 1.54) is 0 Å². The van der Waals surface area contributed by atoms with Gasteiger partial charge < -0.3 is 10.1 Å². The number of nitrogens with one attached hydrogen (secondary N) is 1. The van der Waals surface area contributed by atoms with Gasteiger partial charge in [0.25, 0.3) is 0 Å². The predicted octanol–water partition coefficient (Wildman–Crippen LogP) is 0.101. The smallest absolute Gasteiger partial charge is 0.325 e. The molecule has 0 bridgehead atoms. The first-order valence-corrected chi connectivity index (χ1v) is 4.71. The second kappa shape index (κ2) is 6.38. The van der Waals surface area contributed by atoms with E-state index < -0.39 is 5.97 Å². The van der Waals surface area contributed by atoms with Crippen molar-refractivity contribution in [3.63, 3.8) is 0 Å². The normalized spacial score (nSPS) is 8.91. The minimum Gasteiger partial charge on any atom is -0.465 e. The molecular weight excluding hydrogens is 261 g/mol. The van der Waals surface area contributed by atoms with E-state index in [1.807, 2.05) is 22.6 Å². The van der Waals surface area contributed by atoms with Crippen molar-refractivity contribution in [3.8, 4) is 0 Å². The minimum absolute atomic E-state index is 0.0321. The van der Waals surface area contributed by atoms with Gasteiger partial charge in [-0.3, -0.25) is 9.59 Å². The van der Waals surface area contributed by atoms with Crippen LogP contribution in [-0.4, -0.2) is 29.5 Å². The summed E-state index contributed by atoms with van der Waals surface area (Å²) in [5.74, 6) is -0.552. The SMILES string of the molecule is CCOC(=O)CNC(=O)CI. The van der Waals surface area contributed by atoms with Crippen molar-refractivity contribution >= 4 is 34.5 Å². The zero-order chi connectivity index (χ0) is 8.69. The van der Waals surface area contributed by atoms with Gasteiger partial charge in [-0.2, -0.15) is 0 Å². The fraction of sp³-hybridized carbons (Fsp3) is 0.667. The zero-order valence-corrected chi connectivity index (χ0v) is 8.38. The topological polar surface area (TPSA) is 55.4 Å². The largest absolute Gasteiger partial charge is 0.465 e. The van der Waals surface area contributed by atoms with Crippen LogP contribution < -0.4 is 5.32 Å². The molecular formula is C6H10INO3. The van der Waals surface area contributed by atoms with Crippen LogP contribution in [0.25, 0.3) is 0 Å². The monoisotopic (exact) mass is 271 g/mol. The molecule has 0 saturated carbocycles. The number of carbonyl (C=O) groups excluding carboxylic acids is 2. The molecule has 0 spiro atoms. The van der Waals surface area contributed by atoms with E-state index in [1.54, 1.807) is 6.92 Å². The lowest BCUT2D eigenvalue weighted by molar-refractivity contribution is -0.143. The van der Waals surface area contributed by atoms with Crippen molar-refractivity contribution in [1.82, 2.24) is 5.32 Å². The Hall–Kier alpha value is -0.330. The summed E-state index contributed by atoms with van der Waals surface area (Å²) in [6.07, 6.45) is 0. The van der Waals surface area contributed by atoms with Crippen LogP contribution in [-0.2, 0) is 14.3 Å². The Morgan fingerprint density at radius 1 is 1.55 bits per heavy atom. The standard InChI is InChI=1S/C6H10INO3/c1-2-11-6(10)4-8-5(9)3-7/h2-4H2,1H3,(H,8,9). The van der Waals surface area contributed by atoms with Gasteiger partial charge >= 0.3 is 5.97 Å². The third-order valence-corrected chi connectivity index (χ3v) is 1.55. The molecule has 1 N–H and O–H groups in total. The molecule has 0 heterocycles. The van der Waals surface area contributed by atoms with Gasteiger partial charge in [-0.25, -0.2) is 0 Å². The fourth-order valence-electron chi connectivity index (χ4n) is 0.430. The molecule has 5 heteroatoms. The number of hydrogen-bond acceptors (Lipinski definition) is 3. The molecule has 0 aromatic carbocycles. The van der Waals surface area contributed by atoms with Crippen LogP contribution in [0.3, 0.4) is 0 Å². The summed E-state index contributed by atoms with van der Waals surface area (Å²) >= 11 is 1.92. The second-order valence-corrected chi connectivity index (χ2v) is 2.48. The first-order valence-electron chi connectivity index (χ1n) is 3.19. The van der Waals surface area contributed by atoms with Crippen LogP contribution >= 0.6 is 22.6 Å². The van der Waals surface area contributed by atoms with Gasteiger partial charge in [-0.05, 0) is 6.92 Å². The number of carbonyl (C=O) groups is 2. The highest BCUT2D eigenvalue weighted by Gasteiger charge is 2.02. The van der Waals surface area contributed by atoms with Crippen LogP contribution in [0.1, 0.15) is 6.92 Å². The van der Waals surface area contributed by atoms with E-state index in [0.717, 1.165) is 0 Å². The lowest BCUT2D eigenvalue weighted by atomic mass is 10.6.